The summed E-state index contributed by atoms with van der Waals surface area (Å²) in [6.45, 7) is 1.33. The molecule has 0 unspecified atom stereocenters. The van der Waals surface area contributed by atoms with Gasteiger partial charge in [0.25, 0.3) is 0 Å². The number of methoxy groups -OCH3 is 2. The molecule has 0 atom stereocenters. The van der Waals surface area contributed by atoms with Gasteiger partial charge in [0, 0.05) is 30.1 Å². The van der Waals surface area contributed by atoms with Crippen LogP contribution in [-0.2, 0) is 4.79 Å². The van der Waals surface area contributed by atoms with E-state index in [9.17, 15) is 4.79 Å². The van der Waals surface area contributed by atoms with Gasteiger partial charge in [0.1, 0.15) is 5.52 Å². The molecular weight excluding hydrogens is 404 g/mol. The lowest BCUT2D eigenvalue weighted by molar-refractivity contribution is -0.127. The van der Waals surface area contributed by atoms with E-state index >= 15 is 0 Å². The summed E-state index contributed by atoms with van der Waals surface area (Å²) < 4.78 is 16.4. The van der Waals surface area contributed by atoms with Crippen molar-refractivity contribution in [3.63, 3.8) is 0 Å². The average molecular weight is 427 g/mol. The second-order valence-corrected chi connectivity index (χ2v) is 7.65. The number of piperidine rings is 1. The number of ether oxygens (including phenoxy) is 2. The molecule has 7 heteroatoms. The smallest absolute Gasteiger partial charge is 0.246 e. The highest BCUT2D eigenvalue weighted by Crippen LogP contribution is 2.31. The normalized spacial score (nSPS) is 15.1. The van der Waals surface area contributed by atoms with E-state index in [1.165, 1.54) is 0 Å². The lowest BCUT2D eigenvalue weighted by Crippen LogP contribution is -2.36. The van der Waals surface area contributed by atoms with Gasteiger partial charge in [-0.25, -0.2) is 4.98 Å². The van der Waals surface area contributed by atoms with Crippen LogP contribution in [0.15, 0.2) is 46.9 Å². The number of aromatic nitrogens is 1. The molecule has 1 aromatic heterocycles. The number of likely N-dealkylation sites (tertiary alicyclic amines) is 1. The fraction of sp³-hybridized carbons (Fsp3) is 0.304. The van der Waals surface area contributed by atoms with Crippen molar-refractivity contribution in [2.24, 2.45) is 0 Å². The molecule has 1 fully saturated rings. The van der Waals surface area contributed by atoms with Crippen molar-refractivity contribution in [1.29, 1.82) is 0 Å². The number of oxazole rings is 1. The van der Waals surface area contributed by atoms with E-state index in [1.807, 2.05) is 35.2 Å². The van der Waals surface area contributed by atoms with Crippen LogP contribution >= 0.6 is 11.6 Å². The maximum atomic E-state index is 12.6. The Morgan fingerprint density at radius 3 is 2.63 bits per heavy atom. The first kappa shape index (κ1) is 20.3. The van der Waals surface area contributed by atoms with Crippen LogP contribution in [0.4, 0.5) is 0 Å². The number of carbonyl (C=O) groups excluding carboxylic acids is 1. The van der Waals surface area contributed by atoms with Gasteiger partial charge in [0.15, 0.2) is 23.0 Å². The van der Waals surface area contributed by atoms with Crippen LogP contribution < -0.4 is 9.47 Å². The lowest BCUT2D eigenvalue weighted by atomic mass is 9.96. The summed E-state index contributed by atoms with van der Waals surface area (Å²) in [5.74, 6) is 2.21. The zero-order valence-corrected chi connectivity index (χ0v) is 17.7. The highest BCUT2D eigenvalue weighted by molar-refractivity contribution is 6.31. The van der Waals surface area contributed by atoms with Crippen LogP contribution in [0.3, 0.4) is 0 Å². The first-order valence-corrected chi connectivity index (χ1v) is 10.2. The van der Waals surface area contributed by atoms with E-state index < -0.39 is 0 Å². The summed E-state index contributed by atoms with van der Waals surface area (Å²) >= 11 is 6.03. The van der Waals surface area contributed by atoms with Crippen molar-refractivity contribution >= 4 is 34.7 Å². The maximum absolute atomic E-state index is 12.6. The van der Waals surface area contributed by atoms with Crippen molar-refractivity contribution in [3.05, 3.63) is 59.0 Å². The van der Waals surface area contributed by atoms with Crippen LogP contribution in [0.5, 0.6) is 11.5 Å². The molecule has 3 aromatic rings. The second-order valence-electron chi connectivity index (χ2n) is 7.21. The van der Waals surface area contributed by atoms with Crippen LogP contribution in [0.1, 0.15) is 30.2 Å². The van der Waals surface area contributed by atoms with Crippen molar-refractivity contribution < 1.29 is 18.7 Å². The zero-order valence-electron chi connectivity index (χ0n) is 16.9. The highest BCUT2D eigenvalue weighted by atomic mass is 35.5. The molecule has 30 heavy (non-hydrogen) atoms. The van der Waals surface area contributed by atoms with Crippen molar-refractivity contribution in [2.45, 2.75) is 18.8 Å². The molecule has 2 aromatic carbocycles. The highest BCUT2D eigenvalue weighted by Gasteiger charge is 2.26. The van der Waals surface area contributed by atoms with Crippen molar-refractivity contribution in [1.82, 2.24) is 9.88 Å². The Bertz CT molecular complexity index is 1080. The number of hydrogen-bond acceptors (Lipinski definition) is 5. The predicted octanol–water partition coefficient (Wildman–Crippen LogP) is 4.92. The van der Waals surface area contributed by atoms with Gasteiger partial charge in [-0.2, -0.15) is 0 Å². The summed E-state index contributed by atoms with van der Waals surface area (Å²) in [6, 6.07) is 11.0. The molecule has 2 heterocycles. The molecule has 0 bridgehead atoms. The number of halogens is 1. The summed E-state index contributed by atoms with van der Waals surface area (Å²) in [6.07, 6.45) is 5.02. The third-order valence-corrected chi connectivity index (χ3v) is 5.58. The van der Waals surface area contributed by atoms with Crippen LogP contribution in [0.25, 0.3) is 17.2 Å². The molecule has 1 saturated heterocycles. The summed E-state index contributed by atoms with van der Waals surface area (Å²) in [7, 11) is 3.18. The molecule has 0 N–H and O–H groups in total. The number of carbonyl (C=O) groups is 1. The van der Waals surface area contributed by atoms with Crippen LogP contribution in [0, 0.1) is 0 Å². The number of hydrogen-bond donors (Lipinski definition) is 0. The predicted molar refractivity (Wildman–Crippen MR) is 116 cm³/mol. The molecule has 0 saturated carbocycles. The first-order chi connectivity index (χ1) is 14.6. The fourth-order valence-corrected chi connectivity index (χ4v) is 3.84. The van der Waals surface area contributed by atoms with Crippen LogP contribution in [0.2, 0.25) is 5.02 Å². The number of fused-ring (bicyclic) bond motifs is 1. The monoisotopic (exact) mass is 426 g/mol. The Kier molecular flexibility index (Phi) is 5.95. The summed E-state index contributed by atoms with van der Waals surface area (Å²) in [5.41, 5.74) is 2.39. The Balaban J connectivity index is 1.37. The second kappa shape index (κ2) is 8.79. The lowest BCUT2D eigenvalue weighted by Gasteiger charge is -2.29. The van der Waals surface area contributed by atoms with E-state index in [0.29, 0.717) is 29.6 Å². The molecule has 0 aliphatic carbocycles. The van der Waals surface area contributed by atoms with E-state index in [1.54, 1.807) is 32.4 Å². The van der Waals surface area contributed by atoms with Crippen LogP contribution in [-0.4, -0.2) is 43.1 Å². The molecule has 0 radical (unpaired) electrons. The maximum Gasteiger partial charge on any atom is 0.246 e. The third kappa shape index (κ3) is 4.28. The zero-order chi connectivity index (χ0) is 21.1. The van der Waals surface area contributed by atoms with Gasteiger partial charge in [-0.1, -0.05) is 17.7 Å². The third-order valence-electron chi connectivity index (χ3n) is 5.35. The minimum Gasteiger partial charge on any atom is -0.493 e. The van der Waals surface area contributed by atoms with E-state index in [0.717, 1.165) is 35.4 Å². The Hall–Kier alpha value is -2.99. The quantitative estimate of drug-likeness (QED) is 0.542. The van der Waals surface area contributed by atoms with Gasteiger partial charge in [0.05, 0.1) is 14.2 Å². The van der Waals surface area contributed by atoms with E-state index in [4.69, 9.17) is 25.5 Å². The van der Waals surface area contributed by atoms with E-state index in [-0.39, 0.29) is 11.8 Å². The Labute approximate surface area is 180 Å². The molecular formula is C23H23ClN2O4. The number of benzene rings is 2. The molecule has 1 amide bonds. The van der Waals surface area contributed by atoms with Crippen molar-refractivity contribution in [2.75, 3.05) is 27.3 Å². The molecule has 1 aliphatic heterocycles. The van der Waals surface area contributed by atoms with Gasteiger partial charge in [-0.15, -0.1) is 0 Å². The largest absolute Gasteiger partial charge is 0.493 e. The minimum absolute atomic E-state index is 0.00687. The fourth-order valence-electron chi connectivity index (χ4n) is 3.67. The summed E-state index contributed by atoms with van der Waals surface area (Å²) in [4.78, 5) is 19.0. The van der Waals surface area contributed by atoms with Gasteiger partial charge in [-0.3, -0.25) is 4.79 Å². The molecule has 4 rings (SSSR count). The molecule has 1 aliphatic rings. The standard InChI is InChI=1S/C23H23ClN2O4/c1-28-20-6-3-15(13-21(20)29-2)4-8-22(27)26-11-9-16(10-12-26)23-25-18-14-17(24)5-7-19(18)30-23/h3-8,13-14,16H,9-12H2,1-2H3. The van der Waals surface area contributed by atoms with E-state index in [2.05, 4.69) is 4.98 Å². The average Bonchev–Trinajstić information content (AvgIpc) is 3.20. The van der Waals surface area contributed by atoms with Gasteiger partial charge in [0.2, 0.25) is 5.91 Å². The number of amides is 1. The van der Waals surface area contributed by atoms with Gasteiger partial charge >= 0.3 is 0 Å². The van der Waals surface area contributed by atoms with Gasteiger partial charge < -0.3 is 18.8 Å². The number of rotatable bonds is 5. The topological polar surface area (TPSA) is 64.8 Å². The molecule has 0 spiro atoms. The first-order valence-electron chi connectivity index (χ1n) is 9.82. The minimum atomic E-state index is -0.00687. The SMILES string of the molecule is COc1ccc(C=CC(=O)N2CCC(c3nc4cc(Cl)ccc4o3)CC2)cc1OC. The molecule has 156 valence electrons. The molecule has 6 nitrogen and oxygen atoms in total. The Morgan fingerprint density at radius 2 is 1.90 bits per heavy atom. The number of nitrogens with zero attached hydrogens (tertiary/aromatic N) is 2. The van der Waals surface area contributed by atoms with Crippen molar-refractivity contribution in [3.8, 4) is 11.5 Å². The van der Waals surface area contributed by atoms with Gasteiger partial charge in [-0.05, 0) is 54.8 Å². The Morgan fingerprint density at radius 1 is 1.13 bits per heavy atom. The summed E-state index contributed by atoms with van der Waals surface area (Å²) in [5, 5.41) is 0.643.